The largest absolute Gasteiger partial charge is 0.484 e. The molecule has 0 spiro atoms. The van der Waals surface area contributed by atoms with E-state index in [1.54, 1.807) is 30.2 Å². The molecule has 0 aliphatic carbocycles. The Hall–Kier alpha value is -3.10. The Morgan fingerprint density at radius 2 is 1.90 bits per heavy atom. The molecule has 0 bridgehead atoms. The van der Waals surface area contributed by atoms with Crippen molar-refractivity contribution in [2.45, 2.75) is 0 Å². The summed E-state index contributed by atoms with van der Waals surface area (Å²) in [5, 5.41) is 0.617. The van der Waals surface area contributed by atoms with Crippen molar-refractivity contribution >= 4 is 40.5 Å². The van der Waals surface area contributed by atoms with Crippen LogP contribution in [-0.2, 0) is 14.3 Å². The number of aliphatic imine (C=N–C) groups is 1. The lowest BCUT2D eigenvalue weighted by Gasteiger charge is -2.14. The number of para-hydroxylation sites is 1. The maximum absolute atomic E-state index is 12.9. The molecule has 1 saturated heterocycles. The Labute approximate surface area is 173 Å². The van der Waals surface area contributed by atoms with Gasteiger partial charge in [0.2, 0.25) is 0 Å². The lowest BCUT2D eigenvalue weighted by atomic mass is 10.2. The van der Waals surface area contributed by atoms with Crippen LogP contribution in [0.25, 0.3) is 6.08 Å². The quantitative estimate of drug-likeness (QED) is 0.674. The molecule has 2 amide bonds. The summed E-state index contributed by atoms with van der Waals surface area (Å²) >= 11 is 1.32. The van der Waals surface area contributed by atoms with Gasteiger partial charge in [0.05, 0.1) is 23.7 Å². The highest BCUT2D eigenvalue weighted by Crippen LogP contribution is 2.34. The van der Waals surface area contributed by atoms with E-state index < -0.39 is 5.91 Å². The first-order valence-corrected chi connectivity index (χ1v) is 9.74. The molecular formula is C21H21N3O4S. The van der Waals surface area contributed by atoms with Crippen molar-refractivity contribution in [3.05, 3.63) is 65.1 Å². The van der Waals surface area contributed by atoms with E-state index in [0.29, 0.717) is 29.0 Å². The summed E-state index contributed by atoms with van der Waals surface area (Å²) in [6.07, 6.45) is 1.80. The van der Waals surface area contributed by atoms with Gasteiger partial charge in [-0.25, -0.2) is 4.99 Å². The van der Waals surface area contributed by atoms with E-state index in [-0.39, 0.29) is 12.5 Å². The molecule has 1 fully saturated rings. The number of amidine groups is 1. The highest BCUT2D eigenvalue weighted by Gasteiger charge is 2.33. The number of carbonyl (C=O) groups excluding carboxylic acids is 2. The van der Waals surface area contributed by atoms with Crippen LogP contribution >= 0.6 is 11.8 Å². The average molecular weight is 411 g/mol. The third kappa shape index (κ3) is 5.69. The standard InChI is InChI=1S/C21H21N3O4S/c1-27-12-11-24-20(26)18(29-21(24)23-16-5-3-2-4-6-16)13-15-7-9-17(10-8-15)28-14-19(22)25/h2-10,13H,11-12,14H2,1H3,(H2,22,25)/b18-13-,23-21?. The van der Waals surface area contributed by atoms with Crippen molar-refractivity contribution in [3.8, 4) is 5.75 Å². The molecule has 0 aromatic heterocycles. The number of rotatable bonds is 8. The van der Waals surface area contributed by atoms with Gasteiger partial charge in [0, 0.05) is 7.11 Å². The molecule has 1 heterocycles. The first-order chi connectivity index (χ1) is 14.1. The number of hydrogen-bond acceptors (Lipinski definition) is 6. The third-order valence-corrected chi connectivity index (χ3v) is 4.95. The van der Waals surface area contributed by atoms with Gasteiger partial charge >= 0.3 is 0 Å². The maximum Gasteiger partial charge on any atom is 0.266 e. The number of carbonyl (C=O) groups is 2. The monoisotopic (exact) mass is 411 g/mol. The summed E-state index contributed by atoms with van der Waals surface area (Å²) in [7, 11) is 1.60. The third-order valence-electron chi connectivity index (χ3n) is 3.95. The van der Waals surface area contributed by atoms with Crippen LogP contribution in [-0.4, -0.2) is 48.8 Å². The molecule has 0 atom stereocenters. The van der Waals surface area contributed by atoms with E-state index >= 15 is 0 Å². The molecule has 2 aromatic carbocycles. The molecule has 3 rings (SSSR count). The van der Waals surface area contributed by atoms with E-state index in [9.17, 15) is 9.59 Å². The van der Waals surface area contributed by atoms with E-state index in [0.717, 1.165) is 11.3 Å². The number of nitrogens with zero attached hydrogens (tertiary/aromatic N) is 2. The Morgan fingerprint density at radius 1 is 1.17 bits per heavy atom. The van der Waals surface area contributed by atoms with Crippen LogP contribution in [0.4, 0.5) is 5.69 Å². The highest BCUT2D eigenvalue weighted by atomic mass is 32.2. The molecule has 29 heavy (non-hydrogen) atoms. The van der Waals surface area contributed by atoms with Crippen LogP contribution in [0.15, 0.2) is 64.5 Å². The second-order valence-electron chi connectivity index (χ2n) is 6.11. The number of ether oxygens (including phenoxy) is 2. The minimum absolute atomic E-state index is 0.115. The van der Waals surface area contributed by atoms with Crippen LogP contribution in [0.3, 0.4) is 0 Å². The Bertz CT molecular complexity index is 927. The maximum atomic E-state index is 12.9. The summed E-state index contributed by atoms with van der Waals surface area (Å²) in [6.45, 7) is 0.660. The Balaban J connectivity index is 1.80. The molecule has 7 nitrogen and oxygen atoms in total. The smallest absolute Gasteiger partial charge is 0.266 e. The predicted octanol–water partition coefficient (Wildman–Crippen LogP) is 2.80. The van der Waals surface area contributed by atoms with Crippen molar-refractivity contribution in [1.29, 1.82) is 0 Å². The molecule has 8 heteroatoms. The van der Waals surface area contributed by atoms with Crippen LogP contribution in [0.5, 0.6) is 5.75 Å². The molecule has 0 unspecified atom stereocenters. The molecule has 1 aliphatic heterocycles. The summed E-state index contributed by atoms with van der Waals surface area (Å²) in [6, 6.07) is 16.6. The number of nitrogens with two attached hydrogens (primary N) is 1. The van der Waals surface area contributed by atoms with Gasteiger partial charge in [-0.2, -0.15) is 0 Å². The molecule has 0 radical (unpaired) electrons. The molecular weight excluding hydrogens is 390 g/mol. The van der Waals surface area contributed by atoms with E-state index in [1.165, 1.54) is 11.8 Å². The minimum Gasteiger partial charge on any atom is -0.484 e. The zero-order chi connectivity index (χ0) is 20.6. The number of methoxy groups -OCH3 is 1. The topological polar surface area (TPSA) is 94.2 Å². The van der Waals surface area contributed by atoms with Gasteiger partial charge in [-0.15, -0.1) is 0 Å². The van der Waals surface area contributed by atoms with Gasteiger partial charge in [0.1, 0.15) is 5.75 Å². The highest BCUT2D eigenvalue weighted by molar-refractivity contribution is 8.18. The van der Waals surface area contributed by atoms with Gasteiger partial charge in [0.25, 0.3) is 11.8 Å². The van der Waals surface area contributed by atoms with Gasteiger partial charge in [-0.3, -0.25) is 14.5 Å². The molecule has 150 valence electrons. The average Bonchev–Trinajstić information content (AvgIpc) is 3.01. The van der Waals surface area contributed by atoms with E-state index in [1.807, 2.05) is 42.5 Å². The summed E-state index contributed by atoms with van der Waals surface area (Å²) in [5.41, 5.74) is 6.69. The normalized spacial score (nSPS) is 16.6. The van der Waals surface area contributed by atoms with Crippen molar-refractivity contribution in [2.24, 2.45) is 10.7 Å². The van der Waals surface area contributed by atoms with E-state index in [4.69, 9.17) is 15.2 Å². The summed E-state index contributed by atoms with van der Waals surface area (Å²) in [5.74, 6) is -0.120. The number of thioether (sulfide) groups is 1. The van der Waals surface area contributed by atoms with Crippen LogP contribution < -0.4 is 10.5 Å². The SMILES string of the molecule is COCCN1C(=O)/C(=C/c2ccc(OCC(N)=O)cc2)SC1=Nc1ccccc1. The van der Waals surface area contributed by atoms with Crippen molar-refractivity contribution in [2.75, 3.05) is 26.9 Å². The zero-order valence-electron chi connectivity index (χ0n) is 15.9. The molecule has 2 N–H and O–H groups in total. The van der Waals surface area contributed by atoms with Crippen LogP contribution in [0.1, 0.15) is 5.56 Å². The number of amides is 2. The molecule has 0 saturated carbocycles. The molecule has 1 aliphatic rings. The fourth-order valence-corrected chi connectivity index (χ4v) is 3.57. The first-order valence-electron chi connectivity index (χ1n) is 8.92. The van der Waals surface area contributed by atoms with Gasteiger partial charge in [-0.05, 0) is 47.7 Å². The van der Waals surface area contributed by atoms with E-state index in [2.05, 4.69) is 4.99 Å². The fraction of sp³-hybridized carbons (Fsp3) is 0.190. The predicted molar refractivity (Wildman–Crippen MR) is 114 cm³/mol. The summed E-state index contributed by atoms with van der Waals surface area (Å²) < 4.78 is 10.4. The number of hydrogen-bond donors (Lipinski definition) is 1. The number of benzene rings is 2. The van der Waals surface area contributed by atoms with Crippen LogP contribution in [0.2, 0.25) is 0 Å². The van der Waals surface area contributed by atoms with Gasteiger partial charge in [0.15, 0.2) is 11.8 Å². The number of primary amides is 1. The molecule has 2 aromatic rings. The van der Waals surface area contributed by atoms with Crippen molar-refractivity contribution in [3.63, 3.8) is 0 Å². The second-order valence-corrected chi connectivity index (χ2v) is 7.12. The zero-order valence-corrected chi connectivity index (χ0v) is 16.7. The van der Waals surface area contributed by atoms with Gasteiger partial charge in [-0.1, -0.05) is 30.3 Å². The second kappa shape index (κ2) is 9.90. The lowest BCUT2D eigenvalue weighted by Crippen LogP contribution is -2.32. The lowest BCUT2D eigenvalue weighted by molar-refractivity contribution is -0.122. The minimum atomic E-state index is -0.537. The first kappa shape index (κ1) is 20.6. The van der Waals surface area contributed by atoms with Crippen molar-refractivity contribution < 1.29 is 19.1 Å². The van der Waals surface area contributed by atoms with Crippen LogP contribution in [0, 0.1) is 0 Å². The Morgan fingerprint density at radius 3 is 2.55 bits per heavy atom. The summed E-state index contributed by atoms with van der Waals surface area (Å²) in [4.78, 5) is 30.5. The fourth-order valence-electron chi connectivity index (χ4n) is 2.55. The van der Waals surface area contributed by atoms with Gasteiger partial charge < -0.3 is 15.2 Å². The Kier molecular flexibility index (Phi) is 7.04. The van der Waals surface area contributed by atoms with Crippen molar-refractivity contribution in [1.82, 2.24) is 4.90 Å².